The van der Waals surface area contributed by atoms with Crippen LogP contribution in [0, 0.1) is 5.82 Å². The van der Waals surface area contributed by atoms with Crippen molar-refractivity contribution in [2.45, 2.75) is 45.6 Å². The topological polar surface area (TPSA) is 76.6 Å². The van der Waals surface area contributed by atoms with Crippen LogP contribution in [-0.2, 0) is 24.2 Å². The third kappa shape index (κ3) is 5.22. The molecule has 0 aliphatic carbocycles. The molecule has 0 atom stereocenters. The van der Waals surface area contributed by atoms with E-state index in [-0.39, 0.29) is 22.7 Å². The molecule has 37 heavy (non-hydrogen) atoms. The van der Waals surface area contributed by atoms with Crippen LogP contribution in [0.4, 0.5) is 23.2 Å². The smallest absolute Gasteiger partial charge is 0.478 e. The van der Waals surface area contributed by atoms with Crippen molar-refractivity contribution in [2.24, 2.45) is 0 Å². The third-order valence-electron chi connectivity index (χ3n) is 6.23. The lowest BCUT2D eigenvalue weighted by molar-refractivity contribution is -0.275. The van der Waals surface area contributed by atoms with Gasteiger partial charge in [0, 0.05) is 24.6 Å². The van der Waals surface area contributed by atoms with Gasteiger partial charge in [0.05, 0.1) is 11.9 Å². The summed E-state index contributed by atoms with van der Waals surface area (Å²) in [6, 6.07) is 8.07. The molecule has 0 radical (unpaired) electrons. The fourth-order valence-electron chi connectivity index (χ4n) is 4.67. The minimum Gasteiger partial charge on any atom is -0.478 e. The number of hydrogen-bond acceptors (Lipinski definition) is 6. The molecule has 3 heterocycles. The first-order valence-corrected chi connectivity index (χ1v) is 11.8. The van der Waals surface area contributed by atoms with E-state index in [0.717, 1.165) is 37.3 Å². The fourth-order valence-corrected chi connectivity index (χ4v) is 4.67. The van der Waals surface area contributed by atoms with E-state index in [1.54, 1.807) is 13.8 Å². The van der Waals surface area contributed by atoms with Gasteiger partial charge in [-0.05, 0) is 55.6 Å². The number of amides is 1. The highest BCUT2D eigenvalue weighted by Gasteiger charge is 2.37. The van der Waals surface area contributed by atoms with Gasteiger partial charge in [-0.15, -0.1) is 13.2 Å². The average Bonchev–Trinajstić information content (AvgIpc) is 2.83. The zero-order valence-electron chi connectivity index (χ0n) is 20.2. The summed E-state index contributed by atoms with van der Waals surface area (Å²) in [5.74, 6) is -1.89. The number of nitrogens with one attached hydrogen (secondary N) is 1. The van der Waals surface area contributed by atoms with Gasteiger partial charge in [0.25, 0.3) is 5.91 Å². The van der Waals surface area contributed by atoms with E-state index in [4.69, 9.17) is 4.74 Å². The van der Waals surface area contributed by atoms with Crippen molar-refractivity contribution in [3.8, 4) is 22.8 Å². The summed E-state index contributed by atoms with van der Waals surface area (Å²) >= 11 is 0. The van der Waals surface area contributed by atoms with Gasteiger partial charge in [0.15, 0.2) is 23.9 Å². The average molecular weight is 516 g/mol. The highest BCUT2D eigenvalue weighted by atomic mass is 19.4. The standard InChI is InChI=1S/C26H24F4N4O3/c1-14(2)34-20-9-17(10-21(37-26(28,29)30)25(20)36-13-23(34)35)24-19(27)12-32-22(33-24)8-15-3-4-16-5-6-31-11-18(16)7-15/h3-4,7,9-10,12,14,31H,5-6,8,11,13H2,1-2H3. The van der Waals surface area contributed by atoms with E-state index >= 15 is 0 Å². The Hall–Kier alpha value is -3.73. The largest absolute Gasteiger partial charge is 0.573 e. The van der Waals surface area contributed by atoms with Crippen LogP contribution < -0.4 is 19.7 Å². The van der Waals surface area contributed by atoms with E-state index in [0.29, 0.717) is 12.2 Å². The molecule has 2 aromatic carbocycles. The second-order valence-electron chi connectivity index (χ2n) is 9.21. The molecule has 0 saturated carbocycles. The Morgan fingerprint density at radius 3 is 2.76 bits per heavy atom. The molecule has 5 rings (SSSR count). The summed E-state index contributed by atoms with van der Waals surface area (Å²) in [7, 11) is 0. The number of carbonyl (C=O) groups excluding carboxylic acids is 1. The molecule has 0 bridgehead atoms. The molecule has 1 N–H and O–H groups in total. The monoisotopic (exact) mass is 516 g/mol. The van der Waals surface area contributed by atoms with Crippen LogP contribution in [-0.4, -0.2) is 41.4 Å². The quantitative estimate of drug-likeness (QED) is 0.502. The summed E-state index contributed by atoms with van der Waals surface area (Å²) in [4.78, 5) is 22.2. The minimum atomic E-state index is -5.03. The Balaban J connectivity index is 1.56. The summed E-state index contributed by atoms with van der Waals surface area (Å²) < 4.78 is 64.1. The van der Waals surface area contributed by atoms with Crippen molar-refractivity contribution in [1.82, 2.24) is 15.3 Å². The predicted octanol–water partition coefficient (Wildman–Crippen LogP) is 4.55. The molecule has 7 nitrogen and oxygen atoms in total. The minimum absolute atomic E-state index is 0.00209. The van der Waals surface area contributed by atoms with Gasteiger partial charge in [-0.2, -0.15) is 0 Å². The normalized spacial score (nSPS) is 15.3. The Labute approximate surface area is 210 Å². The van der Waals surface area contributed by atoms with Crippen LogP contribution in [0.3, 0.4) is 0 Å². The van der Waals surface area contributed by atoms with Gasteiger partial charge in [-0.1, -0.05) is 18.2 Å². The lowest BCUT2D eigenvalue weighted by Crippen LogP contribution is -2.43. The van der Waals surface area contributed by atoms with Crippen LogP contribution >= 0.6 is 0 Å². The van der Waals surface area contributed by atoms with Crippen LogP contribution in [0.1, 0.15) is 36.4 Å². The summed E-state index contributed by atoms with van der Waals surface area (Å²) in [5.41, 5.74) is 3.20. The molecular weight excluding hydrogens is 492 g/mol. The number of rotatable bonds is 5. The van der Waals surface area contributed by atoms with Gasteiger partial charge in [0.1, 0.15) is 11.5 Å². The Bertz CT molecular complexity index is 1360. The number of anilines is 1. The number of aromatic nitrogens is 2. The molecular formula is C26H24F4N4O3. The molecule has 194 valence electrons. The summed E-state index contributed by atoms with van der Waals surface area (Å²) in [6.07, 6.45) is -2.80. The first kappa shape index (κ1) is 24.9. The number of benzene rings is 2. The number of halogens is 4. The van der Waals surface area contributed by atoms with Gasteiger partial charge in [0.2, 0.25) is 0 Å². The molecule has 11 heteroatoms. The molecule has 1 amide bonds. The molecule has 3 aromatic rings. The maximum Gasteiger partial charge on any atom is 0.573 e. The van der Waals surface area contributed by atoms with E-state index in [2.05, 4.69) is 26.1 Å². The lowest BCUT2D eigenvalue weighted by Gasteiger charge is -2.33. The van der Waals surface area contributed by atoms with Crippen LogP contribution in [0.2, 0.25) is 0 Å². The van der Waals surface area contributed by atoms with E-state index in [1.165, 1.54) is 22.1 Å². The van der Waals surface area contributed by atoms with Gasteiger partial charge in [-0.25, -0.2) is 14.4 Å². The number of fused-ring (bicyclic) bond motifs is 2. The van der Waals surface area contributed by atoms with Crippen LogP contribution in [0.5, 0.6) is 11.5 Å². The van der Waals surface area contributed by atoms with E-state index < -0.39 is 36.5 Å². The molecule has 2 aliphatic rings. The zero-order valence-corrected chi connectivity index (χ0v) is 20.2. The Kier molecular flexibility index (Phi) is 6.49. The molecule has 1 aromatic heterocycles. The second kappa shape index (κ2) is 9.62. The number of alkyl halides is 3. The fraction of sp³-hybridized carbons (Fsp3) is 0.346. The van der Waals surface area contributed by atoms with Crippen molar-refractivity contribution in [1.29, 1.82) is 0 Å². The number of carbonyl (C=O) groups is 1. The third-order valence-corrected chi connectivity index (χ3v) is 6.23. The van der Waals surface area contributed by atoms with Crippen LogP contribution in [0.15, 0.2) is 36.5 Å². The Morgan fingerprint density at radius 2 is 2.00 bits per heavy atom. The van der Waals surface area contributed by atoms with Gasteiger partial charge < -0.3 is 19.7 Å². The number of hydrogen-bond donors (Lipinski definition) is 1. The summed E-state index contributed by atoms with van der Waals surface area (Å²) in [6.45, 7) is 4.65. The Morgan fingerprint density at radius 1 is 1.19 bits per heavy atom. The van der Waals surface area contributed by atoms with Gasteiger partial charge in [-0.3, -0.25) is 4.79 Å². The van der Waals surface area contributed by atoms with Crippen molar-refractivity contribution < 1.29 is 31.8 Å². The lowest BCUT2D eigenvalue weighted by atomic mass is 9.97. The first-order valence-electron chi connectivity index (χ1n) is 11.8. The highest BCUT2D eigenvalue weighted by molar-refractivity contribution is 6.00. The molecule has 0 fully saturated rings. The second-order valence-corrected chi connectivity index (χ2v) is 9.21. The van der Waals surface area contributed by atoms with Crippen LogP contribution in [0.25, 0.3) is 11.3 Å². The first-order chi connectivity index (χ1) is 17.6. The SMILES string of the molecule is CC(C)N1C(=O)COc2c(OC(F)(F)F)cc(-c3nc(Cc4ccc5c(c4)CNCC5)ncc3F)cc21. The molecule has 0 saturated heterocycles. The zero-order chi connectivity index (χ0) is 26.3. The van der Waals surface area contributed by atoms with Crippen molar-refractivity contribution in [3.63, 3.8) is 0 Å². The number of nitrogens with zero attached hydrogens (tertiary/aromatic N) is 3. The number of ether oxygens (including phenoxy) is 2. The van der Waals surface area contributed by atoms with E-state index in [9.17, 15) is 22.4 Å². The summed E-state index contributed by atoms with van der Waals surface area (Å²) in [5, 5.41) is 3.32. The van der Waals surface area contributed by atoms with Crippen molar-refractivity contribution in [2.75, 3.05) is 18.1 Å². The molecule has 2 aliphatic heterocycles. The van der Waals surface area contributed by atoms with Gasteiger partial charge >= 0.3 is 6.36 Å². The highest BCUT2D eigenvalue weighted by Crippen LogP contribution is 2.46. The maximum absolute atomic E-state index is 14.9. The van der Waals surface area contributed by atoms with E-state index in [1.807, 2.05) is 12.1 Å². The molecule has 0 spiro atoms. The molecule has 0 unspecified atom stereocenters. The van der Waals surface area contributed by atoms with Crippen molar-refractivity contribution >= 4 is 11.6 Å². The van der Waals surface area contributed by atoms with Crippen molar-refractivity contribution in [3.05, 3.63) is 64.9 Å². The predicted molar refractivity (Wildman–Crippen MR) is 127 cm³/mol. The maximum atomic E-state index is 14.9.